The predicted octanol–water partition coefficient (Wildman–Crippen LogP) is 3.61. The predicted molar refractivity (Wildman–Crippen MR) is 107 cm³/mol. The normalized spacial score (nSPS) is 14.8. The number of hydrogen-bond donors (Lipinski definition) is 0. The molecule has 2 aromatic heterocycles. The van der Waals surface area contributed by atoms with Gasteiger partial charge in [-0.2, -0.15) is 0 Å². The van der Waals surface area contributed by atoms with Crippen molar-refractivity contribution in [2.75, 3.05) is 25.1 Å². The van der Waals surface area contributed by atoms with E-state index >= 15 is 0 Å². The van der Waals surface area contributed by atoms with Gasteiger partial charge in [0.15, 0.2) is 0 Å². The molecule has 4 rings (SSSR count). The summed E-state index contributed by atoms with van der Waals surface area (Å²) in [6.07, 6.45) is 2.99. The van der Waals surface area contributed by atoms with Gasteiger partial charge >= 0.3 is 0 Å². The van der Waals surface area contributed by atoms with Gasteiger partial charge in [0.25, 0.3) is 0 Å². The Hall–Kier alpha value is -3.23. The van der Waals surface area contributed by atoms with Gasteiger partial charge in [0.1, 0.15) is 29.3 Å². The summed E-state index contributed by atoms with van der Waals surface area (Å²) in [7, 11) is 1.57. The van der Waals surface area contributed by atoms with Gasteiger partial charge < -0.3 is 14.4 Å². The number of pyridine rings is 1. The number of aromatic nitrogens is 4. The molecule has 0 N–H and O–H groups in total. The van der Waals surface area contributed by atoms with Crippen LogP contribution in [0.5, 0.6) is 11.6 Å². The van der Waals surface area contributed by atoms with Gasteiger partial charge in [0.2, 0.25) is 11.8 Å². The van der Waals surface area contributed by atoms with Crippen molar-refractivity contribution in [2.24, 2.45) is 0 Å². The van der Waals surface area contributed by atoms with Gasteiger partial charge in [-0.25, -0.2) is 13.8 Å². The second kappa shape index (κ2) is 8.25. The van der Waals surface area contributed by atoms with E-state index in [0.29, 0.717) is 37.4 Å². The number of aryl methyl sites for hydroxylation is 1. The molecule has 0 amide bonds. The number of benzene rings is 1. The van der Waals surface area contributed by atoms with Gasteiger partial charge in [0.05, 0.1) is 19.0 Å². The first-order chi connectivity index (χ1) is 14.5. The molecule has 0 radical (unpaired) electrons. The maximum atomic E-state index is 13.8. The number of anilines is 1. The molecule has 1 saturated heterocycles. The highest BCUT2D eigenvalue weighted by molar-refractivity contribution is 5.44. The summed E-state index contributed by atoms with van der Waals surface area (Å²) in [4.78, 5) is 6.39. The van der Waals surface area contributed by atoms with Crippen LogP contribution in [-0.4, -0.2) is 46.1 Å². The third-order valence-corrected chi connectivity index (χ3v) is 5.28. The minimum Gasteiger partial charge on any atom is -0.490 e. The monoisotopic (exact) mass is 415 g/mol. The fraction of sp³-hybridized carbons (Fsp3) is 0.381. The molecule has 1 fully saturated rings. The second-order valence-corrected chi connectivity index (χ2v) is 7.26. The van der Waals surface area contributed by atoms with E-state index < -0.39 is 11.6 Å². The van der Waals surface area contributed by atoms with Gasteiger partial charge in [-0.05, 0) is 19.9 Å². The Labute approximate surface area is 173 Å². The van der Waals surface area contributed by atoms with Crippen molar-refractivity contribution in [3.63, 3.8) is 0 Å². The number of hydrogen-bond acceptors (Lipinski definition) is 6. The van der Waals surface area contributed by atoms with E-state index in [-0.39, 0.29) is 11.9 Å². The second-order valence-electron chi connectivity index (χ2n) is 7.26. The number of ether oxygens (including phenoxy) is 2. The minimum atomic E-state index is -0.637. The van der Waals surface area contributed by atoms with Crippen molar-refractivity contribution < 1.29 is 18.3 Å². The summed E-state index contributed by atoms with van der Waals surface area (Å²) in [5.74, 6) is 1.04. The number of nitrogens with zero attached hydrogens (tertiary/aromatic N) is 5. The molecule has 0 saturated carbocycles. The minimum absolute atomic E-state index is 0.124. The van der Waals surface area contributed by atoms with E-state index in [1.807, 2.05) is 17.6 Å². The van der Waals surface area contributed by atoms with Crippen LogP contribution in [0.25, 0.3) is 5.69 Å². The fourth-order valence-electron chi connectivity index (χ4n) is 3.58. The van der Waals surface area contributed by atoms with Crippen LogP contribution in [0.3, 0.4) is 0 Å². The molecular weight excluding hydrogens is 392 g/mol. The zero-order chi connectivity index (χ0) is 21.3. The highest BCUT2D eigenvalue weighted by Crippen LogP contribution is 2.28. The number of methoxy groups -OCH3 is 1. The summed E-state index contributed by atoms with van der Waals surface area (Å²) < 4.78 is 40.3. The number of halogens is 2. The van der Waals surface area contributed by atoms with E-state index in [2.05, 4.69) is 20.1 Å². The highest BCUT2D eigenvalue weighted by Gasteiger charge is 2.26. The maximum absolute atomic E-state index is 13.8. The molecule has 30 heavy (non-hydrogen) atoms. The van der Waals surface area contributed by atoms with Crippen LogP contribution in [0, 0.1) is 25.5 Å². The Morgan fingerprint density at radius 2 is 1.83 bits per heavy atom. The van der Waals surface area contributed by atoms with Crippen molar-refractivity contribution in [3.05, 3.63) is 53.5 Å². The lowest BCUT2D eigenvalue weighted by molar-refractivity contribution is 0.168. The van der Waals surface area contributed by atoms with Gasteiger partial charge in [0, 0.05) is 49.7 Å². The van der Waals surface area contributed by atoms with Crippen molar-refractivity contribution in [1.29, 1.82) is 0 Å². The van der Waals surface area contributed by atoms with Crippen LogP contribution < -0.4 is 14.4 Å². The van der Waals surface area contributed by atoms with Crippen molar-refractivity contribution in [1.82, 2.24) is 19.7 Å². The third-order valence-electron chi connectivity index (χ3n) is 5.28. The zero-order valence-electron chi connectivity index (χ0n) is 17.1. The van der Waals surface area contributed by atoms with E-state index in [9.17, 15) is 8.78 Å². The molecule has 158 valence electrons. The first kappa shape index (κ1) is 20.1. The Bertz CT molecular complexity index is 1030. The van der Waals surface area contributed by atoms with Gasteiger partial charge in [-0.3, -0.25) is 4.57 Å². The quantitative estimate of drug-likeness (QED) is 0.634. The average molecular weight is 415 g/mol. The van der Waals surface area contributed by atoms with E-state index in [1.165, 1.54) is 6.07 Å². The van der Waals surface area contributed by atoms with E-state index in [1.54, 1.807) is 26.3 Å². The highest BCUT2D eigenvalue weighted by atomic mass is 19.1. The Morgan fingerprint density at radius 1 is 1.07 bits per heavy atom. The first-order valence-electron chi connectivity index (χ1n) is 9.76. The van der Waals surface area contributed by atoms with E-state index in [4.69, 9.17) is 9.47 Å². The molecule has 1 aliphatic heterocycles. The molecule has 3 aromatic rings. The third kappa shape index (κ3) is 3.92. The standard InChI is InChI=1S/C21H23F2N5O2/c1-13-18(23)10-15(22)11-19(13)30-17-6-8-27(9-7-17)21-26-25-14(2)28(21)16-4-5-20(29-3)24-12-16/h4-5,10-12,17H,6-9H2,1-3H3. The van der Waals surface area contributed by atoms with Crippen LogP contribution in [0.1, 0.15) is 24.2 Å². The molecule has 0 unspecified atom stereocenters. The summed E-state index contributed by atoms with van der Waals surface area (Å²) >= 11 is 0. The summed E-state index contributed by atoms with van der Waals surface area (Å²) in [5, 5.41) is 8.57. The maximum Gasteiger partial charge on any atom is 0.231 e. The molecule has 1 aliphatic rings. The van der Waals surface area contributed by atoms with E-state index in [0.717, 1.165) is 23.5 Å². The van der Waals surface area contributed by atoms with Crippen molar-refractivity contribution in [3.8, 4) is 17.3 Å². The molecule has 0 aliphatic carbocycles. The smallest absolute Gasteiger partial charge is 0.231 e. The van der Waals surface area contributed by atoms with Crippen LogP contribution in [0.15, 0.2) is 30.5 Å². The van der Waals surface area contributed by atoms with Gasteiger partial charge in [-0.15, -0.1) is 10.2 Å². The number of piperidine rings is 1. The summed E-state index contributed by atoms with van der Waals surface area (Å²) in [6.45, 7) is 4.84. The Kier molecular flexibility index (Phi) is 5.52. The Morgan fingerprint density at radius 3 is 2.50 bits per heavy atom. The average Bonchev–Trinajstić information content (AvgIpc) is 3.13. The summed E-state index contributed by atoms with van der Waals surface area (Å²) in [5.41, 5.74) is 1.17. The zero-order valence-corrected chi connectivity index (χ0v) is 17.1. The van der Waals surface area contributed by atoms with Crippen LogP contribution in [0.2, 0.25) is 0 Å². The molecule has 9 heteroatoms. The van der Waals surface area contributed by atoms with Crippen molar-refractivity contribution in [2.45, 2.75) is 32.8 Å². The first-order valence-corrected chi connectivity index (χ1v) is 9.76. The van der Waals surface area contributed by atoms with Crippen LogP contribution in [0.4, 0.5) is 14.7 Å². The van der Waals surface area contributed by atoms with Crippen molar-refractivity contribution >= 4 is 5.95 Å². The topological polar surface area (TPSA) is 65.3 Å². The number of rotatable bonds is 5. The molecule has 0 spiro atoms. The van der Waals surface area contributed by atoms with Crippen LogP contribution >= 0.6 is 0 Å². The molecular formula is C21H23F2N5O2. The lowest BCUT2D eigenvalue weighted by atomic mass is 10.1. The Balaban J connectivity index is 1.47. The van der Waals surface area contributed by atoms with Gasteiger partial charge in [-0.1, -0.05) is 0 Å². The molecule has 1 aromatic carbocycles. The lowest BCUT2D eigenvalue weighted by Gasteiger charge is -2.33. The largest absolute Gasteiger partial charge is 0.490 e. The fourth-order valence-corrected chi connectivity index (χ4v) is 3.58. The molecule has 0 bridgehead atoms. The SMILES string of the molecule is COc1ccc(-n2c(C)nnc2N2CCC(Oc3cc(F)cc(F)c3C)CC2)cn1. The molecule has 0 atom stereocenters. The molecule has 7 nitrogen and oxygen atoms in total. The van der Waals surface area contributed by atoms with Crippen LogP contribution in [-0.2, 0) is 0 Å². The molecule has 3 heterocycles. The summed E-state index contributed by atoms with van der Waals surface area (Å²) in [6, 6.07) is 5.80. The lowest BCUT2D eigenvalue weighted by Crippen LogP contribution is -2.39.